The van der Waals surface area contributed by atoms with Crippen LogP contribution in [0.3, 0.4) is 0 Å². The van der Waals surface area contributed by atoms with Crippen LogP contribution in [0.15, 0.2) is 199 Å². The average Bonchev–Trinajstić information content (AvgIpc) is 3.85. The zero-order valence-corrected chi connectivity index (χ0v) is 31.2. The summed E-state index contributed by atoms with van der Waals surface area (Å²) in [5, 5.41) is 7.81. The van der Waals surface area contributed by atoms with Gasteiger partial charge in [-0.15, -0.1) is 0 Å². The van der Waals surface area contributed by atoms with E-state index in [-0.39, 0.29) is 0 Å². The van der Waals surface area contributed by atoms with Crippen molar-refractivity contribution in [1.29, 1.82) is 0 Å². The van der Waals surface area contributed by atoms with E-state index in [2.05, 4.69) is 168 Å². The molecule has 0 fully saturated rings. The Bertz CT molecular complexity index is 3510. The van der Waals surface area contributed by atoms with Crippen molar-refractivity contribution in [1.82, 2.24) is 19.5 Å². The smallest absolute Gasteiger partial charge is 0.160 e. The van der Waals surface area contributed by atoms with Gasteiger partial charge in [0.25, 0.3) is 0 Å². The zero-order valence-electron chi connectivity index (χ0n) is 31.2. The molecule has 270 valence electrons. The van der Waals surface area contributed by atoms with E-state index in [9.17, 15) is 0 Å². The Morgan fingerprint density at radius 1 is 0.397 bits per heavy atom. The molecule has 58 heavy (non-hydrogen) atoms. The molecule has 0 amide bonds. The molecule has 0 aliphatic carbocycles. The predicted octanol–water partition coefficient (Wildman–Crippen LogP) is 13.8. The number of hydrogen-bond acceptors (Lipinski definition) is 4. The maximum atomic E-state index is 6.63. The highest BCUT2D eigenvalue weighted by molar-refractivity contribution is 6.20. The number of rotatable bonds is 5. The summed E-state index contributed by atoms with van der Waals surface area (Å²) in [6.45, 7) is 0. The molecule has 0 aliphatic heterocycles. The first-order chi connectivity index (χ1) is 28.7. The van der Waals surface area contributed by atoms with Crippen LogP contribution in [0.25, 0.3) is 116 Å². The predicted molar refractivity (Wildman–Crippen MR) is 238 cm³/mol. The molecular weight excluding hydrogens is 709 g/mol. The second-order valence-electron chi connectivity index (χ2n) is 14.8. The monoisotopic (exact) mass is 740 g/mol. The van der Waals surface area contributed by atoms with E-state index in [0.29, 0.717) is 5.82 Å². The molecule has 8 aromatic carbocycles. The Morgan fingerprint density at radius 2 is 0.983 bits per heavy atom. The van der Waals surface area contributed by atoms with Crippen molar-refractivity contribution in [3.63, 3.8) is 0 Å². The van der Waals surface area contributed by atoms with E-state index in [0.717, 1.165) is 88.6 Å². The van der Waals surface area contributed by atoms with Crippen LogP contribution in [0.1, 0.15) is 0 Å². The van der Waals surface area contributed by atoms with Crippen LogP contribution in [-0.2, 0) is 0 Å². The summed E-state index contributed by atoms with van der Waals surface area (Å²) in [6, 6.07) is 67.7. The van der Waals surface area contributed by atoms with Crippen molar-refractivity contribution in [3.8, 4) is 50.8 Å². The molecule has 0 saturated carbocycles. The third-order valence-electron chi connectivity index (χ3n) is 11.4. The van der Waals surface area contributed by atoms with Crippen LogP contribution in [0.2, 0.25) is 0 Å². The second-order valence-corrected chi connectivity index (χ2v) is 14.8. The molecule has 0 bridgehead atoms. The van der Waals surface area contributed by atoms with Crippen molar-refractivity contribution < 1.29 is 4.42 Å². The Balaban J connectivity index is 1.02. The van der Waals surface area contributed by atoms with E-state index in [4.69, 9.17) is 19.4 Å². The molecule has 0 spiro atoms. The maximum absolute atomic E-state index is 6.63. The molecule has 12 rings (SSSR count). The summed E-state index contributed by atoms with van der Waals surface area (Å²) >= 11 is 0. The van der Waals surface area contributed by atoms with Gasteiger partial charge in [0.05, 0.1) is 39.0 Å². The van der Waals surface area contributed by atoms with Gasteiger partial charge in [-0.3, -0.25) is 0 Å². The number of hydrogen-bond donors (Lipinski definition) is 0. The number of nitrogens with zero attached hydrogens (tertiary/aromatic N) is 4. The third-order valence-corrected chi connectivity index (χ3v) is 11.4. The molecule has 5 heteroatoms. The molecule has 0 atom stereocenters. The molecule has 4 heterocycles. The Hall–Kier alpha value is -7.89. The molecule has 5 nitrogen and oxygen atoms in total. The summed E-state index contributed by atoms with van der Waals surface area (Å²) in [7, 11) is 0. The van der Waals surface area contributed by atoms with Gasteiger partial charge in [0.15, 0.2) is 5.82 Å². The number of para-hydroxylation sites is 3. The van der Waals surface area contributed by atoms with E-state index in [1.165, 1.54) is 21.8 Å². The van der Waals surface area contributed by atoms with E-state index in [1.807, 2.05) is 30.3 Å². The van der Waals surface area contributed by atoms with Gasteiger partial charge in [0.1, 0.15) is 11.2 Å². The number of fused-ring (bicyclic) bond motifs is 9. The minimum Gasteiger partial charge on any atom is -0.455 e. The SMILES string of the molecule is c1ccc(-c2cc(-c3ccc(-n4c5ccccc5c5ccccc54)cc3)nc(-c3cccc(-c4nc5cc6ccccc6cc5c5oc6ccccc6c45)c3)n2)cc1. The molecule has 4 aromatic heterocycles. The first-order valence-corrected chi connectivity index (χ1v) is 19.5. The van der Waals surface area contributed by atoms with Gasteiger partial charge < -0.3 is 8.98 Å². The lowest BCUT2D eigenvalue weighted by molar-refractivity contribution is 0.672. The molecular formula is C53H32N4O. The Kier molecular flexibility index (Phi) is 7.16. The number of furan rings is 1. The van der Waals surface area contributed by atoms with Crippen LogP contribution in [0.4, 0.5) is 0 Å². The number of benzene rings is 8. The lowest BCUT2D eigenvalue weighted by Crippen LogP contribution is -1.97. The summed E-state index contributed by atoms with van der Waals surface area (Å²) in [4.78, 5) is 15.8. The summed E-state index contributed by atoms with van der Waals surface area (Å²) in [5.41, 5.74) is 12.5. The zero-order chi connectivity index (χ0) is 38.2. The fourth-order valence-corrected chi connectivity index (χ4v) is 8.63. The first-order valence-electron chi connectivity index (χ1n) is 19.5. The van der Waals surface area contributed by atoms with E-state index in [1.54, 1.807) is 0 Å². The van der Waals surface area contributed by atoms with Gasteiger partial charge in [-0.05, 0) is 65.4 Å². The Morgan fingerprint density at radius 3 is 1.72 bits per heavy atom. The van der Waals surface area contributed by atoms with Crippen LogP contribution in [0, 0.1) is 0 Å². The molecule has 0 saturated heterocycles. The molecule has 12 aromatic rings. The van der Waals surface area contributed by atoms with Gasteiger partial charge in [-0.2, -0.15) is 0 Å². The van der Waals surface area contributed by atoms with E-state index >= 15 is 0 Å². The average molecular weight is 741 g/mol. The van der Waals surface area contributed by atoms with Gasteiger partial charge in [-0.1, -0.05) is 140 Å². The third kappa shape index (κ3) is 5.14. The first kappa shape index (κ1) is 32.4. The minimum absolute atomic E-state index is 0.643. The van der Waals surface area contributed by atoms with Crippen molar-refractivity contribution in [2.75, 3.05) is 0 Å². The fourth-order valence-electron chi connectivity index (χ4n) is 8.63. The maximum Gasteiger partial charge on any atom is 0.160 e. The second kappa shape index (κ2) is 12.8. The van der Waals surface area contributed by atoms with Crippen LogP contribution in [0.5, 0.6) is 0 Å². The quantitative estimate of drug-likeness (QED) is 0.165. The summed E-state index contributed by atoms with van der Waals surface area (Å²) in [5.74, 6) is 0.643. The molecule has 0 radical (unpaired) electrons. The topological polar surface area (TPSA) is 56.7 Å². The lowest BCUT2D eigenvalue weighted by Gasteiger charge is -2.12. The van der Waals surface area contributed by atoms with E-state index < -0.39 is 0 Å². The summed E-state index contributed by atoms with van der Waals surface area (Å²) < 4.78 is 8.97. The molecule has 0 aliphatic rings. The van der Waals surface area contributed by atoms with Gasteiger partial charge >= 0.3 is 0 Å². The van der Waals surface area contributed by atoms with Crippen molar-refractivity contribution in [2.45, 2.75) is 0 Å². The lowest BCUT2D eigenvalue weighted by atomic mass is 9.99. The van der Waals surface area contributed by atoms with Crippen LogP contribution in [-0.4, -0.2) is 19.5 Å². The standard InChI is InChI=1S/C53H32N4O/c1-2-13-33(14-3-1)44-32-45(34-25-27-39(28-26-34)57-47-22-9-6-19-40(47)41-20-7-10-23-48(41)57)56-53(55-44)38-18-12-17-37(29-38)51-50-42-21-8-11-24-49(42)58-52(50)43-30-35-15-4-5-16-36(35)31-46(43)54-51/h1-32H. The molecule has 0 unspecified atom stereocenters. The van der Waals surface area contributed by atoms with Gasteiger partial charge in [0, 0.05) is 49.5 Å². The highest BCUT2D eigenvalue weighted by Gasteiger charge is 2.20. The number of pyridine rings is 1. The van der Waals surface area contributed by atoms with Crippen LogP contribution < -0.4 is 0 Å². The highest BCUT2D eigenvalue weighted by atomic mass is 16.3. The van der Waals surface area contributed by atoms with Gasteiger partial charge in [-0.25, -0.2) is 15.0 Å². The minimum atomic E-state index is 0.643. The fraction of sp³-hybridized carbons (Fsp3) is 0. The van der Waals surface area contributed by atoms with Crippen molar-refractivity contribution in [2.24, 2.45) is 0 Å². The number of aromatic nitrogens is 4. The largest absolute Gasteiger partial charge is 0.455 e. The van der Waals surface area contributed by atoms with Gasteiger partial charge in [0.2, 0.25) is 0 Å². The van der Waals surface area contributed by atoms with Crippen LogP contribution >= 0.6 is 0 Å². The molecule has 0 N–H and O–H groups in total. The van der Waals surface area contributed by atoms with Crippen molar-refractivity contribution >= 4 is 65.4 Å². The Labute approximate surface area is 333 Å². The normalized spacial score (nSPS) is 11.8. The summed E-state index contributed by atoms with van der Waals surface area (Å²) in [6.07, 6.45) is 0. The van der Waals surface area contributed by atoms with Crippen molar-refractivity contribution in [3.05, 3.63) is 194 Å². The highest BCUT2D eigenvalue weighted by Crippen LogP contribution is 2.41.